The van der Waals surface area contributed by atoms with Crippen molar-refractivity contribution in [3.8, 4) is 0 Å². The average molecular weight is 223 g/mol. The quantitative estimate of drug-likeness (QED) is 0.584. The van der Waals surface area contributed by atoms with Crippen molar-refractivity contribution in [3.63, 3.8) is 0 Å². The van der Waals surface area contributed by atoms with E-state index in [2.05, 4.69) is 0 Å². The van der Waals surface area contributed by atoms with E-state index in [4.69, 9.17) is 5.09 Å². The first-order valence-electron chi connectivity index (χ1n) is 0.707. The predicted molar refractivity (Wildman–Crippen MR) is 9.31 cm³/mol. The van der Waals surface area contributed by atoms with Crippen LogP contribution in [0.3, 0.4) is 0 Å². The van der Waals surface area contributed by atoms with E-state index < -0.39 is 30.2 Å². The van der Waals surface area contributed by atoms with E-state index in [1.165, 1.54) is 0 Å². The molecule has 0 aromatic rings. The minimum atomic E-state index is -4.47. The molecule has 0 N–H and O–H groups in total. The Kier molecular flexibility index (Phi) is 9.09. The van der Waals surface area contributed by atoms with Crippen LogP contribution in [0.2, 0.25) is 0 Å². The molecule has 0 saturated heterocycles. The van der Waals surface area contributed by atoms with Crippen molar-refractivity contribution in [2.75, 3.05) is 0 Å². The molecule has 0 saturated carbocycles. The van der Waals surface area contributed by atoms with Crippen LogP contribution in [0.4, 0.5) is 0 Å². The predicted octanol–water partition coefficient (Wildman–Crippen LogP) is 0.0654. The van der Waals surface area contributed by atoms with Crippen molar-refractivity contribution in [3.05, 3.63) is 0 Å². The van der Waals surface area contributed by atoms with Crippen molar-refractivity contribution in [1.29, 1.82) is 0 Å². The molecule has 0 radical (unpaired) electrons. The summed E-state index contributed by atoms with van der Waals surface area (Å²) in [6.45, 7) is 0. The van der Waals surface area contributed by atoms with Gasteiger partial charge in [-0.1, -0.05) is 0 Å². The summed E-state index contributed by atoms with van der Waals surface area (Å²) < 4.78 is 25.9. The maximum atomic E-state index is 8.64. The zero-order chi connectivity index (χ0) is 3.58. The Morgan fingerprint density at radius 3 is 1.00 bits per heavy atom. The van der Waals surface area contributed by atoms with E-state index in [1.54, 1.807) is 0 Å². The molecule has 0 spiro atoms. The third-order valence-electron chi connectivity index (χ3n) is 0. The van der Waals surface area contributed by atoms with Crippen molar-refractivity contribution in [2.24, 2.45) is 0 Å². The summed E-state index contributed by atoms with van der Waals surface area (Å²) in [5.74, 6) is 0. The Hall–Kier alpha value is 0.885. The van der Waals surface area contributed by atoms with Crippen LogP contribution in [0, 0.1) is 30.2 Å². The van der Waals surface area contributed by atoms with Gasteiger partial charge < -0.3 is 0 Å². The number of hydrogen-bond donors (Lipinski definition) is 0. The van der Waals surface area contributed by atoms with Gasteiger partial charge in [0.1, 0.15) is 0 Å². The van der Waals surface area contributed by atoms with Gasteiger partial charge in [-0.15, -0.1) is 12.4 Å². The molecule has 0 aromatic heterocycles. The molecule has 0 aromatic carbocycles. The van der Waals surface area contributed by atoms with Crippen LogP contribution in [-0.4, -0.2) is 0 Å². The van der Waals surface area contributed by atoms with Gasteiger partial charge in [0.05, 0.1) is 0 Å². The molecule has 0 atom stereocenters. The summed E-state index contributed by atoms with van der Waals surface area (Å²) >= 11 is -4.47. The van der Waals surface area contributed by atoms with Crippen molar-refractivity contribution >= 4 is 12.4 Å². The zero-order valence-corrected chi connectivity index (χ0v) is 6.65. The SMILES string of the molecule is Cl.[O]=[La](=[O])=[O]. The summed E-state index contributed by atoms with van der Waals surface area (Å²) in [6, 6.07) is 0. The molecule has 0 amide bonds. The summed E-state index contributed by atoms with van der Waals surface area (Å²) in [4.78, 5) is 0. The first-order valence-corrected chi connectivity index (χ1v) is 5.15. The summed E-state index contributed by atoms with van der Waals surface area (Å²) in [5.41, 5.74) is 0. The topological polar surface area (TPSA) is 51.2 Å². The van der Waals surface area contributed by atoms with E-state index in [9.17, 15) is 0 Å². The first kappa shape index (κ1) is 9.30. The van der Waals surface area contributed by atoms with Gasteiger partial charge in [-0.2, -0.15) is 0 Å². The second-order valence-corrected chi connectivity index (χ2v) is 2.10. The van der Waals surface area contributed by atoms with Gasteiger partial charge in [0.2, 0.25) is 0 Å². The third kappa shape index (κ3) is 51.9. The fraction of sp³-hybridized carbons (Fsp3) is 0. The number of hydrogen-bond acceptors (Lipinski definition) is 3. The monoisotopic (exact) mass is 223 g/mol. The molecular weight excluding hydrogens is 222 g/mol. The Morgan fingerprint density at radius 1 is 1.00 bits per heavy atom. The van der Waals surface area contributed by atoms with Crippen molar-refractivity contribution < 1.29 is 35.3 Å². The summed E-state index contributed by atoms with van der Waals surface area (Å²) in [6.07, 6.45) is 0. The molecule has 0 fully saturated rings. The van der Waals surface area contributed by atoms with E-state index in [0.29, 0.717) is 0 Å². The van der Waals surface area contributed by atoms with Gasteiger partial charge in [-0.3, -0.25) is 0 Å². The molecule has 3 nitrogen and oxygen atoms in total. The molecule has 0 bridgehead atoms. The Labute approximate surface area is 47.4 Å². The molecule has 0 aliphatic rings. The second-order valence-electron chi connectivity index (χ2n) is 0.289. The zero-order valence-electron chi connectivity index (χ0n) is 2.21. The molecule has 5 heavy (non-hydrogen) atoms. The summed E-state index contributed by atoms with van der Waals surface area (Å²) in [5, 5.41) is 0. The Balaban J connectivity index is 0. The van der Waals surface area contributed by atoms with E-state index >= 15 is 0 Å². The second kappa shape index (κ2) is 4.88. The standard InChI is InChI=1S/ClH.La.3O/h1H;;;;. The first-order chi connectivity index (χ1) is 1.73. The normalized spacial score (nSPS) is 3.00. The van der Waals surface area contributed by atoms with Crippen LogP contribution in [0.15, 0.2) is 0 Å². The van der Waals surface area contributed by atoms with E-state index in [0.717, 1.165) is 0 Å². The molecule has 0 rings (SSSR count). The summed E-state index contributed by atoms with van der Waals surface area (Å²) in [7, 11) is 0. The van der Waals surface area contributed by atoms with Gasteiger partial charge in [0.15, 0.2) is 0 Å². The molecule has 5 heteroatoms. The van der Waals surface area contributed by atoms with Crippen LogP contribution >= 0.6 is 12.4 Å². The van der Waals surface area contributed by atoms with E-state index in [1.807, 2.05) is 0 Å². The van der Waals surface area contributed by atoms with Gasteiger partial charge >= 0.3 is 35.3 Å². The van der Waals surface area contributed by atoms with Gasteiger partial charge in [-0.25, -0.2) is 0 Å². The fourth-order valence-electron chi connectivity index (χ4n) is 0. The van der Waals surface area contributed by atoms with Crippen LogP contribution < -0.4 is 0 Å². The number of rotatable bonds is 0. The van der Waals surface area contributed by atoms with Crippen LogP contribution in [0.1, 0.15) is 0 Å². The minimum absolute atomic E-state index is 0. The Morgan fingerprint density at radius 2 is 1.00 bits per heavy atom. The van der Waals surface area contributed by atoms with E-state index in [-0.39, 0.29) is 12.4 Å². The molecule has 0 heterocycles. The van der Waals surface area contributed by atoms with Crippen molar-refractivity contribution in [1.82, 2.24) is 0 Å². The third-order valence-corrected chi connectivity index (χ3v) is 0. The maximum absolute atomic E-state index is 8.64. The van der Waals surface area contributed by atoms with Crippen molar-refractivity contribution in [2.45, 2.75) is 0 Å². The number of halogens is 1. The molecule has 0 aliphatic heterocycles. The molecular formula is HClLaO3. The Bertz CT molecular complexity index is 76.3. The molecule has 0 unspecified atom stereocenters. The van der Waals surface area contributed by atoms with Gasteiger partial charge in [-0.05, 0) is 0 Å². The fourth-order valence-corrected chi connectivity index (χ4v) is 0. The average Bonchev–Trinajstić information content (AvgIpc) is 0.811. The van der Waals surface area contributed by atoms with Gasteiger partial charge in [0, 0.05) is 0 Å². The molecule has 29 valence electrons. The molecule has 0 aliphatic carbocycles. The van der Waals surface area contributed by atoms with Crippen LogP contribution in [-0.2, 0) is 5.09 Å². The van der Waals surface area contributed by atoms with Gasteiger partial charge in [0.25, 0.3) is 0 Å². The van der Waals surface area contributed by atoms with Crippen LogP contribution in [0.25, 0.3) is 0 Å². The van der Waals surface area contributed by atoms with Crippen LogP contribution in [0.5, 0.6) is 0 Å².